The summed E-state index contributed by atoms with van der Waals surface area (Å²) in [4.78, 5) is 36.9. The van der Waals surface area contributed by atoms with E-state index in [2.05, 4.69) is 5.32 Å². The summed E-state index contributed by atoms with van der Waals surface area (Å²) < 4.78 is 20.3. The van der Waals surface area contributed by atoms with Crippen LogP contribution in [0.4, 0.5) is 10.5 Å². The zero-order chi connectivity index (χ0) is 22.2. The highest BCUT2D eigenvalue weighted by molar-refractivity contribution is 6.10. The number of rotatable bonds is 8. The van der Waals surface area contributed by atoms with E-state index in [-0.39, 0.29) is 17.9 Å². The molecule has 1 aromatic heterocycles. The van der Waals surface area contributed by atoms with Gasteiger partial charge < -0.3 is 18.6 Å². The van der Waals surface area contributed by atoms with Gasteiger partial charge in [0.2, 0.25) is 0 Å². The monoisotopic (exact) mass is 423 g/mol. The number of amides is 1. The van der Waals surface area contributed by atoms with Crippen molar-refractivity contribution in [2.75, 3.05) is 32.8 Å². The fourth-order valence-electron chi connectivity index (χ4n) is 2.89. The van der Waals surface area contributed by atoms with E-state index in [0.717, 1.165) is 0 Å². The molecule has 0 spiro atoms. The van der Waals surface area contributed by atoms with E-state index < -0.39 is 17.5 Å². The maximum atomic E-state index is 12.7. The van der Waals surface area contributed by atoms with Gasteiger partial charge in [0.25, 0.3) is 0 Å². The summed E-state index contributed by atoms with van der Waals surface area (Å²) >= 11 is 0. The average molecular weight is 423 g/mol. The second-order valence-corrected chi connectivity index (χ2v) is 6.37. The molecule has 1 amide bonds. The molecule has 160 valence electrons. The lowest BCUT2D eigenvalue weighted by Gasteiger charge is -2.08. The fourth-order valence-corrected chi connectivity index (χ4v) is 2.89. The number of ketones is 1. The van der Waals surface area contributed by atoms with Crippen molar-refractivity contribution < 1.29 is 28.2 Å². The highest BCUT2D eigenvalue weighted by Gasteiger charge is 2.20. The molecular weight excluding hydrogens is 402 g/mol. The maximum absolute atomic E-state index is 12.7. The van der Waals surface area contributed by atoms with Gasteiger partial charge in [-0.25, -0.2) is 9.59 Å². The number of hydrogen-bond donors (Lipinski definition) is 1. The fraction of sp³-hybridized carbons (Fsp3) is 0.174. The smallest absolute Gasteiger partial charge is 0.411 e. The van der Waals surface area contributed by atoms with Gasteiger partial charge in [0.15, 0.2) is 5.78 Å². The predicted molar refractivity (Wildman–Crippen MR) is 116 cm³/mol. The van der Waals surface area contributed by atoms with Gasteiger partial charge in [-0.3, -0.25) is 10.1 Å². The van der Waals surface area contributed by atoms with E-state index in [0.29, 0.717) is 28.8 Å². The molecule has 0 atom stereocenters. The summed E-state index contributed by atoms with van der Waals surface area (Å²) in [5, 5.41) is 3.11. The van der Waals surface area contributed by atoms with Gasteiger partial charge in [0, 0.05) is 12.8 Å². The van der Waals surface area contributed by atoms with Gasteiger partial charge in [-0.05, 0) is 35.9 Å². The van der Waals surface area contributed by atoms with E-state index in [1.54, 1.807) is 48.5 Å². The molecule has 0 aliphatic rings. The summed E-state index contributed by atoms with van der Waals surface area (Å²) in [6.45, 7) is 0.428. The third-order valence-corrected chi connectivity index (χ3v) is 4.30. The van der Waals surface area contributed by atoms with Crippen LogP contribution in [0.1, 0.15) is 15.9 Å². The molecule has 2 aromatic carbocycles. The number of carbonyl (C=O) groups is 2. The topological polar surface area (TPSA) is 104 Å². The summed E-state index contributed by atoms with van der Waals surface area (Å²) in [6.07, 6.45) is 2.16. The lowest BCUT2D eigenvalue weighted by atomic mass is 10.1. The van der Waals surface area contributed by atoms with E-state index in [1.807, 2.05) is 0 Å². The van der Waals surface area contributed by atoms with E-state index in [1.165, 1.54) is 26.4 Å². The van der Waals surface area contributed by atoms with Crippen LogP contribution in [-0.2, 0) is 9.47 Å². The molecule has 8 nitrogen and oxygen atoms in total. The number of methoxy groups -OCH3 is 2. The second-order valence-electron chi connectivity index (χ2n) is 6.37. The summed E-state index contributed by atoms with van der Waals surface area (Å²) in [5.41, 5.74) is 0.487. The molecule has 0 aliphatic carbocycles. The molecule has 0 radical (unpaired) electrons. The summed E-state index contributed by atoms with van der Waals surface area (Å²) in [5.74, 6) is -0.399. The van der Waals surface area contributed by atoms with Crippen LogP contribution in [0.15, 0.2) is 63.8 Å². The Morgan fingerprint density at radius 1 is 1.06 bits per heavy atom. The SMILES string of the molecule is COCCOC(=O)Nc1cccc(C=CC(=O)c2c(OC)c3ccccc3oc2=O)c1. The Morgan fingerprint density at radius 3 is 2.65 bits per heavy atom. The van der Waals surface area contributed by atoms with Gasteiger partial charge in [-0.1, -0.05) is 30.3 Å². The Balaban J connectivity index is 1.80. The van der Waals surface area contributed by atoms with Gasteiger partial charge >= 0.3 is 11.7 Å². The van der Waals surface area contributed by atoms with Crippen LogP contribution in [0.5, 0.6) is 5.75 Å². The second kappa shape index (κ2) is 10.2. The number of hydrogen-bond acceptors (Lipinski definition) is 7. The number of para-hydroxylation sites is 1. The molecule has 0 fully saturated rings. The van der Waals surface area contributed by atoms with Gasteiger partial charge in [-0.15, -0.1) is 0 Å². The molecule has 0 aliphatic heterocycles. The number of anilines is 1. The van der Waals surface area contributed by atoms with Crippen LogP contribution in [0.3, 0.4) is 0 Å². The van der Waals surface area contributed by atoms with Crippen molar-refractivity contribution in [2.45, 2.75) is 0 Å². The molecule has 3 aromatic rings. The molecule has 1 N–H and O–H groups in total. The van der Waals surface area contributed by atoms with Crippen LogP contribution >= 0.6 is 0 Å². The minimum atomic E-state index is -0.778. The molecule has 0 bridgehead atoms. The summed E-state index contributed by atoms with van der Waals surface area (Å²) in [7, 11) is 2.90. The van der Waals surface area contributed by atoms with Crippen molar-refractivity contribution in [3.8, 4) is 5.75 Å². The van der Waals surface area contributed by atoms with Crippen LogP contribution in [0.2, 0.25) is 0 Å². The largest absolute Gasteiger partial charge is 0.495 e. The van der Waals surface area contributed by atoms with E-state index in [4.69, 9.17) is 18.6 Å². The molecule has 31 heavy (non-hydrogen) atoms. The number of allylic oxidation sites excluding steroid dienone is 1. The Kier molecular flexibility index (Phi) is 7.18. The first-order valence-corrected chi connectivity index (χ1v) is 9.38. The Bertz CT molecular complexity index is 1180. The average Bonchev–Trinajstić information content (AvgIpc) is 2.77. The number of carbonyl (C=O) groups excluding carboxylic acids is 2. The standard InChI is InChI=1S/C23H21NO7/c1-28-12-13-30-23(27)24-16-7-5-6-15(14-16)10-11-18(25)20-21(29-2)17-8-3-4-9-19(17)31-22(20)26/h3-11,14H,12-13H2,1-2H3,(H,24,27). The minimum Gasteiger partial charge on any atom is -0.495 e. The Hall–Kier alpha value is -3.91. The lowest BCUT2D eigenvalue weighted by molar-refractivity contribution is 0.104. The first kappa shape index (κ1) is 21.8. The first-order chi connectivity index (χ1) is 15.0. The molecule has 8 heteroatoms. The zero-order valence-electron chi connectivity index (χ0n) is 17.0. The van der Waals surface area contributed by atoms with Crippen LogP contribution in [0.25, 0.3) is 17.0 Å². The molecule has 0 saturated heterocycles. The van der Waals surface area contributed by atoms with Gasteiger partial charge in [0.1, 0.15) is 23.5 Å². The van der Waals surface area contributed by atoms with Crippen LogP contribution in [-0.4, -0.2) is 39.3 Å². The normalized spacial score (nSPS) is 10.9. The summed E-state index contributed by atoms with van der Waals surface area (Å²) in [6, 6.07) is 13.6. The highest BCUT2D eigenvalue weighted by Crippen LogP contribution is 2.27. The number of benzene rings is 2. The lowest BCUT2D eigenvalue weighted by Crippen LogP contribution is -2.16. The van der Waals surface area contributed by atoms with Crippen molar-refractivity contribution in [3.05, 3.63) is 76.2 Å². The molecule has 1 heterocycles. The van der Waals surface area contributed by atoms with Gasteiger partial charge in [0.05, 0.1) is 19.1 Å². The quantitative estimate of drug-likeness (QED) is 0.254. The predicted octanol–water partition coefficient (Wildman–Crippen LogP) is 3.89. The van der Waals surface area contributed by atoms with Crippen molar-refractivity contribution in [3.63, 3.8) is 0 Å². The number of nitrogens with one attached hydrogen (secondary N) is 1. The van der Waals surface area contributed by atoms with Crippen molar-refractivity contribution in [2.24, 2.45) is 0 Å². The molecular formula is C23H21NO7. The van der Waals surface area contributed by atoms with E-state index in [9.17, 15) is 14.4 Å². The van der Waals surface area contributed by atoms with Crippen molar-refractivity contribution >= 4 is 34.6 Å². The Labute approximate surface area is 178 Å². The zero-order valence-corrected chi connectivity index (χ0v) is 17.0. The van der Waals surface area contributed by atoms with Crippen molar-refractivity contribution in [1.82, 2.24) is 0 Å². The highest BCUT2D eigenvalue weighted by atomic mass is 16.6. The number of fused-ring (bicyclic) bond motifs is 1. The van der Waals surface area contributed by atoms with Crippen molar-refractivity contribution in [1.29, 1.82) is 0 Å². The minimum absolute atomic E-state index is 0.132. The van der Waals surface area contributed by atoms with Crippen LogP contribution < -0.4 is 15.7 Å². The van der Waals surface area contributed by atoms with Crippen LogP contribution in [0, 0.1) is 0 Å². The third-order valence-electron chi connectivity index (χ3n) is 4.30. The third kappa shape index (κ3) is 5.37. The van der Waals surface area contributed by atoms with Gasteiger partial charge in [-0.2, -0.15) is 0 Å². The number of ether oxygens (including phenoxy) is 3. The molecule has 3 rings (SSSR count). The molecule has 0 unspecified atom stereocenters. The Morgan fingerprint density at radius 2 is 1.87 bits per heavy atom. The molecule has 0 saturated carbocycles. The van der Waals surface area contributed by atoms with E-state index >= 15 is 0 Å². The maximum Gasteiger partial charge on any atom is 0.411 e. The first-order valence-electron chi connectivity index (χ1n) is 9.38.